The van der Waals surface area contributed by atoms with Gasteiger partial charge in [-0.15, -0.1) is 0 Å². The number of fused-ring (bicyclic) bond motifs is 5. The van der Waals surface area contributed by atoms with Crippen molar-refractivity contribution in [1.82, 2.24) is 4.98 Å². The van der Waals surface area contributed by atoms with Crippen molar-refractivity contribution in [3.05, 3.63) is 63.8 Å². The summed E-state index contributed by atoms with van der Waals surface area (Å²) in [5.41, 5.74) is 3.84. The Kier molecular flexibility index (Phi) is 6.71. The molecule has 3 aliphatic carbocycles. The van der Waals surface area contributed by atoms with E-state index < -0.39 is 16.5 Å². The number of rotatable bonds is 1. The summed E-state index contributed by atoms with van der Waals surface area (Å²) in [6, 6.07) is 9.77. The van der Waals surface area contributed by atoms with Crippen LogP contribution in [0.1, 0.15) is 60.6 Å². The lowest BCUT2D eigenvalue weighted by atomic mass is 9.64. The lowest BCUT2D eigenvalue weighted by molar-refractivity contribution is -0.00243. The van der Waals surface area contributed by atoms with Gasteiger partial charge >= 0.3 is 5.91 Å². The van der Waals surface area contributed by atoms with E-state index in [1.807, 2.05) is 19.1 Å². The average Bonchev–Trinajstić information content (AvgIpc) is 3.06. The maximum atomic E-state index is 13.3. The third-order valence-corrected chi connectivity index (χ3v) is 11.8. The molecule has 1 fully saturated rings. The second-order valence-corrected chi connectivity index (χ2v) is 14.3. The molecule has 7 atom stereocenters. The number of hydrogen-bond acceptors (Lipinski definition) is 6. The number of hydrogen-bond donors (Lipinski definition) is 1. The Bertz CT molecular complexity index is 1490. The number of thiol groups is 1. The van der Waals surface area contributed by atoms with Gasteiger partial charge in [0.2, 0.25) is 0 Å². The molecule has 1 saturated carbocycles. The zero-order chi connectivity index (χ0) is 27.6. The smallest absolute Gasteiger partial charge is 0.303 e. The first kappa shape index (κ1) is 26.5. The standard InChI is InChI=1S/C31H36ClN3O4S/c1-18-22-8-9-24(22)28(38-2)23-7-5-20(23)15-35-16-31(13-3-4-19-14-21(32)6-10-25(19)31)17-39-27-12-11-26(33-29(27)35)30(36)34-40(18)37/h6,9-12,14,18,20,22-23,28,40H,3-5,7-8,13,15-17H2,1-2H3/t18-,20+,22-,23-,28-,31+/m1/s1. The van der Waals surface area contributed by atoms with Crippen LogP contribution < -0.4 is 9.64 Å². The quantitative estimate of drug-likeness (QED) is 0.359. The molecule has 40 heavy (non-hydrogen) atoms. The van der Waals surface area contributed by atoms with Gasteiger partial charge in [0.1, 0.15) is 5.69 Å². The first-order valence-electron chi connectivity index (χ1n) is 14.5. The topological polar surface area (TPSA) is 81.1 Å². The molecule has 3 heterocycles. The fraction of sp³-hybridized carbons (Fsp3) is 0.548. The molecule has 1 spiro atoms. The number of aryl methyl sites for hydroxylation is 1. The molecule has 9 heteroatoms. The van der Waals surface area contributed by atoms with Crippen LogP contribution >= 0.6 is 11.6 Å². The number of nitrogens with zero attached hydrogens (tertiary/aromatic N) is 3. The van der Waals surface area contributed by atoms with Crippen LogP contribution in [0.15, 0.2) is 46.3 Å². The number of benzene rings is 1. The molecule has 1 amide bonds. The van der Waals surface area contributed by atoms with E-state index in [1.54, 1.807) is 13.2 Å². The van der Waals surface area contributed by atoms with Gasteiger partial charge in [-0.1, -0.05) is 23.7 Å². The first-order chi connectivity index (χ1) is 19.4. The van der Waals surface area contributed by atoms with E-state index in [1.165, 1.54) is 16.7 Å². The van der Waals surface area contributed by atoms with Crippen LogP contribution in [0.4, 0.5) is 5.82 Å². The first-order valence-corrected chi connectivity index (χ1v) is 16.2. The SMILES string of the molecule is CO[C@H]1C2=CC[C@@H]2[C@@H](C)/[SH](=O)=N\C(=O)c2ccc3c(n2)N(C[C@@H]2CC[C@H]21)C[C@@]1(CCCc2cc(Cl)ccc21)CO3. The van der Waals surface area contributed by atoms with E-state index >= 15 is 0 Å². The van der Waals surface area contributed by atoms with Crippen LogP contribution in [0.2, 0.25) is 5.02 Å². The van der Waals surface area contributed by atoms with Gasteiger partial charge in [-0.05, 0) is 98.2 Å². The third-order valence-electron chi connectivity index (χ3n) is 10.2. The number of allylic oxidation sites excluding steroid dienone is 1. The van der Waals surface area contributed by atoms with Gasteiger partial charge in [-0.3, -0.25) is 9.00 Å². The highest BCUT2D eigenvalue weighted by atomic mass is 35.5. The molecule has 0 N–H and O–H groups in total. The zero-order valence-corrected chi connectivity index (χ0v) is 24.7. The summed E-state index contributed by atoms with van der Waals surface area (Å²) in [6.45, 7) is 4.04. The van der Waals surface area contributed by atoms with Crippen molar-refractivity contribution in [3.63, 3.8) is 0 Å². The minimum atomic E-state index is -2.09. The van der Waals surface area contributed by atoms with E-state index in [2.05, 4.69) is 27.5 Å². The number of methoxy groups -OCH3 is 1. The number of aromatic nitrogens is 1. The zero-order valence-electron chi connectivity index (χ0n) is 23.0. The highest BCUT2D eigenvalue weighted by Gasteiger charge is 2.47. The number of amides is 1. The Labute approximate surface area is 242 Å². The lowest BCUT2D eigenvalue weighted by Crippen LogP contribution is -2.51. The van der Waals surface area contributed by atoms with E-state index in [0.717, 1.165) is 56.6 Å². The van der Waals surface area contributed by atoms with Crippen molar-refractivity contribution in [1.29, 1.82) is 0 Å². The number of anilines is 1. The van der Waals surface area contributed by atoms with Crippen molar-refractivity contribution in [2.75, 3.05) is 31.7 Å². The van der Waals surface area contributed by atoms with Crippen LogP contribution in [0.3, 0.4) is 0 Å². The van der Waals surface area contributed by atoms with Crippen LogP contribution in [0.5, 0.6) is 5.75 Å². The minimum Gasteiger partial charge on any atom is -0.489 e. The second kappa shape index (κ2) is 10.1. The van der Waals surface area contributed by atoms with E-state index in [0.29, 0.717) is 30.0 Å². The Balaban J connectivity index is 1.34. The van der Waals surface area contributed by atoms with Crippen molar-refractivity contribution in [2.45, 2.75) is 62.2 Å². The van der Waals surface area contributed by atoms with Crippen LogP contribution in [0.25, 0.3) is 0 Å². The molecule has 1 aromatic heterocycles. The lowest BCUT2D eigenvalue weighted by Gasteiger charge is -2.48. The molecule has 1 unspecified atom stereocenters. The predicted molar refractivity (Wildman–Crippen MR) is 157 cm³/mol. The second-order valence-electron chi connectivity index (χ2n) is 12.3. The molecule has 212 valence electrons. The molecular formula is C31H36ClN3O4S. The predicted octanol–water partition coefficient (Wildman–Crippen LogP) is 5.40. The molecule has 5 aliphatic rings. The van der Waals surface area contributed by atoms with Gasteiger partial charge in [0.15, 0.2) is 11.6 Å². The van der Waals surface area contributed by atoms with Gasteiger partial charge in [0, 0.05) is 52.4 Å². The van der Waals surface area contributed by atoms with Crippen molar-refractivity contribution < 1.29 is 18.5 Å². The van der Waals surface area contributed by atoms with Gasteiger partial charge in [-0.2, -0.15) is 4.36 Å². The maximum absolute atomic E-state index is 13.3. The van der Waals surface area contributed by atoms with E-state index in [-0.39, 0.29) is 28.4 Å². The summed E-state index contributed by atoms with van der Waals surface area (Å²) in [6.07, 6.45) is 8.39. The number of carbonyl (C=O) groups excluding carboxylic acids is 1. The summed E-state index contributed by atoms with van der Waals surface area (Å²) in [5, 5.41) is 0.540. The molecule has 0 radical (unpaired) electrons. The van der Waals surface area contributed by atoms with E-state index in [4.69, 9.17) is 26.1 Å². The summed E-state index contributed by atoms with van der Waals surface area (Å²) < 4.78 is 30.1. The van der Waals surface area contributed by atoms with Crippen LogP contribution in [0, 0.1) is 17.8 Å². The normalized spacial score (nSPS) is 35.2. The Hall–Kier alpha value is -2.42. The van der Waals surface area contributed by atoms with Gasteiger partial charge in [0.25, 0.3) is 0 Å². The highest BCUT2D eigenvalue weighted by Crippen LogP contribution is 2.49. The highest BCUT2D eigenvalue weighted by molar-refractivity contribution is 7.76. The molecule has 0 saturated heterocycles. The largest absolute Gasteiger partial charge is 0.489 e. The monoisotopic (exact) mass is 581 g/mol. The molecule has 1 aromatic carbocycles. The maximum Gasteiger partial charge on any atom is 0.303 e. The van der Waals surface area contributed by atoms with Crippen molar-refractivity contribution in [2.24, 2.45) is 22.1 Å². The summed E-state index contributed by atoms with van der Waals surface area (Å²) >= 11 is 6.40. The Morgan fingerprint density at radius 3 is 2.85 bits per heavy atom. The van der Waals surface area contributed by atoms with Gasteiger partial charge in [0.05, 0.1) is 12.7 Å². The minimum absolute atomic E-state index is 0.00417. The third kappa shape index (κ3) is 4.29. The summed E-state index contributed by atoms with van der Waals surface area (Å²) in [7, 11) is -0.299. The number of halogens is 1. The molecule has 2 aromatic rings. The number of carbonyl (C=O) groups is 1. The fourth-order valence-corrected chi connectivity index (χ4v) is 9.00. The Morgan fingerprint density at radius 2 is 2.10 bits per heavy atom. The van der Waals surface area contributed by atoms with Crippen molar-refractivity contribution in [3.8, 4) is 5.75 Å². The van der Waals surface area contributed by atoms with Gasteiger partial charge in [-0.25, -0.2) is 4.98 Å². The summed E-state index contributed by atoms with van der Waals surface area (Å²) in [4.78, 5) is 20.4. The van der Waals surface area contributed by atoms with Crippen LogP contribution in [-0.4, -0.2) is 53.3 Å². The van der Waals surface area contributed by atoms with E-state index in [9.17, 15) is 9.00 Å². The number of pyridine rings is 1. The average molecular weight is 582 g/mol. The molecule has 2 aliphatic heterocycles. The molecule has 7 rings (SSSR count). The molecule has 7 nitrogen and oxygen atoms in total. The molecular weight excluding hydrogens is 546 g/mol. The van der Waals surface area contributed by atoms with Crippen LogP contribution in [-0.2, 0) is 27.2 Å². The van der Waals surface area contributed by atoms with Crippen molar-refractivity contribution >= 4 is 33.9 Å². The summed E-state index contributed by atoms with van der Waals surface area (Å²) in [5.74, 6) is 1.76. The number of ether oxygens (including phenoxy) is 2. The molecule has 2 bridgehead atoms. The Morgan fingerprint density at radius 1 is 1.23 bits per heavy atom. The fourth-order valence-electron chi connectivity index (χ4n) is 7.74. The van der Waals surface area contributed by atoms with Gasteiger partial charge < -0.3 is 14.4 Å².